The molecule has 1 atom stereocenters. The van der Waals surface area contributed by atoms with Gasteiger partial charge >= 0.3 is 5.97 Å². The summed E-state index contributed by atoms with van der Waals surface area (Å²) < 4.78 is 25.4. The average molecular weight is 483 g/mol. The molecule has 1 unspecified atom stereocenters. The lowest BCUT2D eigenvalue weighted by Gasteiger charge is -2.23. The number of esters is 1. The van der Waals surface area contributed by atoms with Crippen molar-refractivity contribution in [3.63, 3.8) is 0 Å². The third kappa shape index (κ3) is 6.44. The number of hydrogen-bond donors (Lipinski definition) is 1. The molecule has 0 fully saturated rings. The lowest BCUT2D eigenvalue weighted by atomic mass is 10.0. The zero-order valence-electron chi connectivity index (χ0n) is 20.2. The number of carbonyl (C=O) groups is 1. The van der Waals surface area contributed by atoms with E-state index in [1.807, 2.05) is 86.6 Å². The molecular formula is C27H31FN2O3S. The van der Waals surface area contributed by atoms with Crippen LogP contribution in [0.3, 0.4) is 0 Å². The Kier molecular flexibility index (Phi) is 8.82. The summed E-state index contributed by atoms with van der Waals surface area (Å²) in [6.07, 6.45) is 1.89. The number of methoxy groups -OCH3 is 1. The first-order valence-corrected chi connectivity index (χ1v) is 12.3. The van der Waals surface area contributed by atoms with E-state index in [0.29, 0.717) is 0 Å². The van der Waals surface area contributed by atoms with E-state index in [4.69, 9.17) is 9.47 Å². The van der Waals surface area contributed by atoms with E-state index >= 15 is 0 Å². The van der Waals surface area contributed by atoms with Crippen LogP contribution in [0.25, 0.3) is 0 Å². The summed E-state index contributed by atoms with van der Waals surface area (Å²) >= 11 is 1.46. The average Bonchev–Trinajstić information content (AvgIpc) is 2.86. The van der Waals surface area contributed by atoms with Crippen molar-refractivity contribution in [2.24, 2.45) is 5.92 Å². The molecule has 0 aliphatic rings. The number of nitrogens with one attached hydrogen (secondary N) is 1. The lowest BCUT2D eigenvalue weighted by Crippen LogP contribution is -2.36. The van der Waals surface area contributed by atoms with Gasteiger partial charge in [-0.3, -0.25) is 0 Å². The van der Waals surface area contributed by atoms with E-state index in [1.54, 1.807) is 13.2 Å². The van der Waals surface area contributed by atoms with Crippen molar-refractivity contribution in [2.45, 2.75) is 31.4 Å². The van der Waals surface area contributed by atoms with Crippen molar-refractivity contribution in [2.75, 3.05) is 30.6 Å². The van der Waals surface area contributed by atoms with Gasteiger partial charge in [0.1, 0.15) is 24.2 Å². The van der Waals surface area contributed by atoms with Gasteiger partial charge in [0.15, 0.2) is 0 Å². The quantitative estimate of drug-likeness (QED) is 0.263. The summed E-state index contributed by atoms with van der Waals surface area (Å²) in [5.74, 6) is -0.118. The van der Waals surface area contributed by atoms with Gasteiger partial charge in [0.05, 0.1) is 12.8 Å². The topological polar surface area (TPSA) is 50.8 Å². The molecule has 7 heteroatoms. The van der Waals surface area contributed by atoms with Crippen LogP contribution in [0.4, 0.5) is 21.5 Å². The second-order valence-corrected chi connectivity index (χ2v) is 9.13. The van der Waals surface area contributed by atoms with Crippen molar-refractivity contribution in [1.29, 1.82) is 0 Å². The van der Waals surface area contributed by atoms with Crippen molar-refractivity contribution in [3.8, 4) is 5.75 Å². The maximum atomic E-state index is 14.4. The van der Waals surface area contributed by atoms with Crippen LogP contribution in [0.5, 0.6) is 5.75 Å². The molecule has 0 spiro atoms. The molecule has 3 rings (SSSR count). The Balaban J connectivity index is 1.68. The number of hydrogen-bond acceptors (Lipinski definition) is 6. The molecule has 1 N–H and O–H groups in total. The normalized spacial score (nSPS) is 11.7. The van der Waals surface area contributed by atoms with Crippen LogP contribution in [-0.4, -0.2) is 32.4 Å². The predicted octanol–water partition coefficient (Wildman–Crippen LogP) is 6.50. The van der Waals surface area contributed by atoms with Crippen LogP contribution in [-0.2, 0) is 16.1 Å². The van der Waals surface area contributed by atoms with E-state index in [2.05, 4.69) is 5.32 Å². The van der Waals surface area contributed by atoms with Gasteiger partial charge in [0, 0.05) is 29.4 Å². The molecule has 0 aliphatic carbocycles. The number of benzene rings is 3. The highest BCUT2D eigenvalue weighted by molar-refractivity contribution is 7.98. The van der Waals surface area contributed by atoms with Gasteiger partial charge in [-0.15, -0.1) is 11.8 Å². The Morgan fingerprint density at radius 3 is 2.41 bits per heavy atom. The molecule has 180 valence electrons. The summed E-state index contributed by atoms with van der Waals surface area (Å²) in [5.41, 5.74) is 3.08. The summed E-state index contributed by atoms with van der Waals surface area (Å²) in [4.78, 5) is 15.7. The van der Waals surface area contributed by atoms with Gasteiger partial charge in [-0.2, -0.15) is 0 Å². The lowest BCUT2D eigenvalue weighted by molar-refractivity contribution is -0.146. The molecule has 0 aromatic heterocycles. The number of rotatable bonds is 10. The van der Waals surface area contributed by atoms with Crippen molar-refractivity contribution in [1.82, 2.24) is 0 Å². The molecule has 0 saturated carbocycles. The molecule has 0 amide bonds. The number of anilines is 3. The maximum Gasteiger partial charge on any atom is 0.329 e. The highest BCUT2D eigenvalue weighted by Gasteiger charge is 2.25. The number of carbonyl (C=O) groups excluding carboxylic acids is 1. The van der Waals surface area contributed by atoms with Crippen LogP contribution in [0.15, 0.2) is 71.6 Å². The molecule has 3 aromatic carbocycles. The summed E-state index contributed by atoms with van der Waals surface area (Å²) in [7, 11) is 3.61. The first kappa shape index (κ1) is 25.4. The van der Waals surface area contributed by atoms with Crippen LogP contribution in [0, 0.1) is 11.7 Å². The predicted molar refractivity (Wildman–Crippen MR) is 138 cm³/mol. The molecule has 0 saturated heterocycles. The highest BCUT2D eigenvalue weighted by Crippen LogP contribution is 2.28. The molecule has 0 radical (unpaired) electrons. The molecule has 3 aromatic rings. The largest absolute Gasteiger partial charge is 0.497 e. The number of thioether (sulfide) groups is 1. The van der Waals surface area contributed by atoms with Gasteiger partial charge in [-0.1, -0.05) is 32.0 Å². The molecular weight excluding hydrogens is 451 g/mol. The van der Waals surface area contributed by atoms with Crippen molar-refractivity contribution in [3.05, 3.63) is 78.1 Å². The fourth-order valence-electron chi connectivity index (χ4n) is 3.47. The molecule has 5 nitrogen and oxygen atoms in total. The van der Waals surface area contributed by atoms with Gasteiger partial charge in [-0.05, 0) is 60.2 Å². The van der Waals surface area contributed by atoms with Crippen molar-refractivity contribution < 1.29 is 18.7 Å². The van der Waals surface area contributed by atoms with Gasteiger partial charge < -0.3 is 19.7 Å². The van der Waals surface area contributed by atoms with Gasteiger partial charge in [0.25, 0.3) is 0 Å². The second kappa shape index (κ2) is 11.8. The Bertz CT molecular complexity index is 1120. The van der Waals surface area contributed by atoms with Crippen LogP contribution in [0.2, 0.25) is 0 Å². The van der Waals surface area contributed by atoms with Crippen LogP contribution < -0.4 is 15.0 Å². The smallest absolute Gasteiger partial charge is 0.329 e. The number of halogens is 1. The molecule has 0 bridgehead atoms. The second-order valence-electron chi connectivity index (χ2n) is 8.25. The van der Waals surface area contributed by atoms with Gasteiger partial charge in [0.2, 0.25) is 0 Å². The van der Waals surface area contributed by atoms with E-state index < -0.39 is 17.8 Å². The van der Waals surface area contributed by atoms with Crippen LogP contribution in [0.1, 0.15) is 19.4 Å². The van der Waals surface area contributed by atoms with Crippen LogP contribution >= 0.6 is 11.8 Å². The van der Waals surface area contributed by atoms with E-state index in [-0.39, 0.29) is 18.2 Å². The van der Waals surface area contributed by atoms with E-state index in [0.717, 1.165) is 27.6 Å². The van der Waals surface area contributed by atoms with Crippen molar-refractivity contribution >= 4 is 34.8 Å². The highest BCUT2D eigenvalue weighted by atomic mass is 32.2. The third-order valence-electron chi connectivity index (χ3n) is 5.53. The first-order chi connectivity index (χ1) is 16.3. The maximum absolute atomic E-state index is 14.4. The summed E-state index contributed by atoms with van der Waals surface area (Å²) in [6, 6.07) is 19.9. The Morgan fingerprint density at radius 1 is 1.06 bits per heavy atom. The fraction of sp³-hybridized carbons (Fsp3) is 0.296. The fourth-order valence-corrected chi connectivity index (χ4v) is 3.90. The molecule has 0 aliphatic heterocycles. The van der Waals surface area contributed by atoms with E-state index in [1.165, 1.54) is 17.8 Å². The number of nitrogens with zero attached hydrogens (tertiary/aromatic N) is 1. The zero-order chi connectivity index (χ0) is 24.7. The molecule has 34 heavy (non-hydrogen) atoms. The Labute approximate surface area is 205 Å². The minimum atomic E-state index is -0.669. The Hall–Kier alpha value is -3.19. The molecule has 0 heterocycles. The SMILES string of the molecule is COc1cccc(N(C)c2cccc(COC(=O)C(Nc3ccc(SC)cc3F)C(C)C)c2)c1. The monoisotopic (exact) mass is 482 g/mol. The first-order valence-electron chi connectivity index (χ1n) is 11.1. The summed E-state index contributed by atoms with van der Waals surface area (Å²) in [6.45, 7) is 3.92. The standard InChI is InChI=1S/C27H31FN2O3S/c1-18(2)26(29-25-13-12-23(34-5)16-24(25)28)27(31)33-17-19-8-6-9-20(14-19)30(3)21-10-7-11-22(15-21)32-4/h6-16,18,26,29H,17H2,1-5H3. The van der Waals surface area contributed by atoms with E-state index in [9.17, 15) is 9.18 Å². The summed E-state index contributed by atoms with van der Waals surface area (Å²) in [5, 5.41) is 3.02. The number of ether oxygens (including phenoxy) is 2. The third-order valence-corrected chi connectivity index (χ3v) is 6.25. The minimum absolute atomic E-state index is 0.0855. The van der Waals surface area contributed by atoms with Gasteiger partial charge in [-0.25, -0.2) is 9.18 Å². The Morgan fingerprint density at radius 2 is 1.76 bits per heavy atom. The zero-order valence-corrected chi connectivity index (χ0v) is 21.0. The minimum Gasteiger partial charge on any atom is -0.497 e.